The highest BCUT2D eigenvalue weighted by atomic mass is 35.5. The number of methoxy groups -OCH3 is 1. The van der Waals surface area contributed by atoms with Crippen molar-refractivity contribution in [2.75, 3.05) is 19.0 Å². The van der Waals surface area contributed by atoms with Crippen molar-refractivity contribution in [3.8, 4) is 5.75 Å². The van der Waals surface area contributed by atoms with Crippen LogP contribution in [0.3, 0.4) is 0 Å². The topological polar surface area (TPSA) is 93.3 Å². The molecule has 39 heavy (non-hydrogen) atoms. The number of carbonyl (C=O) groups excluding carboxylic acids is 1. The van der Waals surface area contributed by atoms with E-state index in [9.17, 15) is 9.59 Å². The molecule has 0 spiro atoms. The monoisotopic (exact) mass is 559 g/mol. The summed E-state index contributed by atoms with van der Waals surface area (Å²) < 4.78 is 11.2. The Hall–Kier alpha value is -4.01. The van der Waals surface area contributed by atoms with Crippen molar-refractivity contribution in [2.45, 2.75) is 23.8 Å². The third kappa shape index (κ3) is 5.44. The van der Waals surface area contributed by atoms with Crippen LogP contribution in [-0.4, -0.2) is 29.7 Å². The van der Waals surface area contributed by atoms with Crippen molar-refractivity contribution < 1.29 is 14.3 Å². The zero-order valence-corrected chi connectivity index (χ0v) is 22.9. The standard InChI is InChI=1S/C30H26ClN3O4S/c1-3-38-29(36)24-23(20-14-8-10-16-22(20)37-2)25-27(32-26(24)18-11-5-4-6-12-18)33-30(34-28(25)35)39-17-19-13-7-9-15-21(19)31/h4-16,23H,3,17H2,1-2H3,(H2,32,33,34,35). The van der Waals surface area contributed by atoms with Gasteiger partial charge in [0, 0.05) is 16.3 Å². The minimum atomic E-state index is -0.787. The Bertz CT molecular complexity index is 1600. The molecule has 1 aliphatic heterocycles. The van der Waals surface area contributed by atoms with Crippen LogP contribution in [0.15, 0.2) is 94.4 Å². The molecule has 4 aromatic rings. The Kier molecular flexibility index (Phi) is 8.05. The van der Waals surface area contributed by atoms with Crippen LogP contribution in [0.2, 0.25) is 5.02 Å². The molecule has 3 aromatic carbocycles. The van der Waals surface area contributed by atoms with Crippen LogP contribution in [0.1, 0.15) is 35.1 Å². The number of fused-ring (bicyclic) bond motifs is 1. The highest BCUT2D eigenvalue weighted by Gasteiger charge is 2.39. The van der Waals surface area contributed by atoms with Crippen LogP contribution in [-0.2, 0) is 15.3 Å². The smallest absolute Gasteiger partial charge is 0.337 e. The number of ether oxygens (including phenoxy) is 2. The lowest BCUT2D eigenvalue weighted by atomic mass is 9.80. The number of nitrogens with zero attached hydrogens (tertiary/aromatic N) is 1. The van der Waals surface area contributed by atoms with Gasteiger partial charge in [-0.3, -0.25) is 4.79 Å². The number of benzene rings is 3. The molecule has 0 fully saturated rings. The number of halogens is 1. The van der Waals surface area contributed by atoms with Gasteiger partial charge >= 0.3 is 5.97 Å². The van der Waals surface area contributed by atoms with Gasteiger partial charge in [-0.15, -0.1) is 0 Å². The van der Waals surface area contributed by atoms with E-state index in [1.807, 2.05) is 72.8 Å². The van der Waals surface area contributed by atoms with Crippen LogP contribution in [0.4, 0.5) is 5.82 Å². The number of anilines is 1. The normalized spacial score (nSPS) is 14.4. The third-order valence-electron chi connectivity index (χ3n) is 6.35. The molecule has 2 N–H and O–H groups in total. The molecule has 0 aliphatic carbocycles. The van der Waals surface area contributed by atoms with Gasteiger partial charge in [0.1, 0.15) is 11.6 Å². The highest BCUT2D eigenvalue weighted by molar-refractivity contribution is 7.98. The van der Waals surface area contributed by atoms with Gasteiger partial charge < -0.3 is 19.8 Å². The lowest BCUT2D eigenvalue weighted by molar-refractivity contribution is -0.138. The minimum absolute atomic E-state index is 0.183. The van der Waals surface area contributed by atoms with Gasteiger partial charge in [0.05, 0.1) is 36.5 Å². The summed E-state index contributed by atoms with van der Waals surface area (Å²) in [6.07, 6.45) is 0. The van der Waals surface area contributed by atoms with E-state index in [0.717, 1.165) is 11.1 Å². The maximum atomic E-state index is 13.7. The van der Waals surface area contributed by atoms with Crippen LogP contribution in [0, 0.1) is 0 Å². The molecule has 7 nitrogen and oxygen atoms in total. The minimum Gasteiger partial charge on any atom is -0.496 e. The van der Waals surface area contributed by atoms with E-state index in [2.05, 4.69) is 10.3 Å². The quantitative estimate of drug-likeness (QED) is 0.150. The second-order valence-corrected chi connectivity index (χ2v) is 10.1. The third-order valence-corrected chi connectivity index (χ3v) is 7.64. The van der Waals surface area contributed by atoms with E-state index in [1.165, 1.54) is 11.8 Å². The summed E-state index contributed by atoms with van der Waals surface area (Å²) in [7, 11) is 1.56. The second kappa shape index (κ2) is 11.8. The summed E-state index contributed by atoms with van der Waals surface area (Å²) in [6, 6.07) is 24.3. The van der Waals surface area contributed by atoms with Crippen molar-refractivity contribution in [1.82, 2.24) is 9.97 Å². The summed E-state index contributed by atoms with van der Waals surface area (Å²) in [5, 5.41) is 4.37. The fraction of sp³-hybridized carbons (Fsp3) is 0.167. The van der Waals surface area contributed by atoms with Gasteiger partial charge in [-0.1, -0.05) is 90.1 Å². The fourth-order valence-electron chi connectivity index (χ4n) is 4.61. The van der Waals surface area contributed by atoms with E-state index in [4.69, 9.17) is 26.1 Å². The lowest BCUT2D eigenvalue weighted by Crippen LogP contribution is -2.31. The predicted molar refractivity (Wildman–Crippen MR) is 154 cm³/mol. The van der Waals surface area contributed by atoms with Gasteiger partial charge in [0.15, 0.2) is 5.16 Å². The number of para-hydroxylation sites is 1. The Morgan fingerprint density at radius 1 is 1.03 bits per heavy atom. The first-order valence-electron chi connectivity index (χ1n) is 12.4. The number of rotatable bonds is 8. The van der Waals surface area contributed by atoms with Gasteiger partial charge in [-0.2, -0.15) is 0 Å². The number of aromatic amines is 1. The molecule has 0 amide bonds. The van der Waals surface area contributed by atoms with Crippen LogP contribution >= 0.6 is 23.4 Å². The highest BCUT2D eigenvalue weighted by Crippen LogP contribution is 2.45. The summed E-state index contributed by atoms with van der Waals surface area (Å²) in [6.45, 7) is 1.93. The number of H-pyrrole nitrogens is 1. The lowest BCUT2D eigenvalue weighted by Gasteiger charge is -2.31. The zero-order valence-electron chi connectivity index (χ0n) is 21.4. The van der Waals surface area contributed by atoms with E-state index in [-0.39, 0.29) is 12.2 Å². The molecule has 0 bridgehead atoms. The summed E-state index contributed by atoms with van der Waals surface area (Å²) in [5.41, 5.74) is 3.13. The molecule has 1 aromatic heterocycles. The van der Waals surface area contributed by atoms with Gasteiger partial charge in [-0.05, 0) is 30.2 Å². The molecule has 1 aliphatic rings. The fourth-order valence-corrected chi connectivity index (χ4v) is 5.75. The van der Waals surface area contributed by atoms with Crippen molar-refractivity contribution in [2.24, 2.45) is 0 Å². The molecule has 1 atom stereocenters. The molecule has 9 heteroatoms. The molecule has 0 radical (unpaired) electrons. The molecule has 5 rings (SSSR count). The average molecular weight is 560 g/mol. The molecule has 0 saturated heterocycles. The average Bonchev–Trinajstić information content (AvgIpc) is 2.96. The first kappa shape index (κ1) is 26.6. The van der Waals surface area contributed by atoms with E-state index >= 15 is 0 Å². The molecule has 0 saturated carbocycles. The van der Waals surface area contributed by atoms with Gasteiger partial charge in [0.2, 0.25) is 0 Å². The Labute approximate surface area is 235 Å². The first-order chi connectivity index (χ1) is 19.0. The molecule has 2 heterocycles. The van der Waals surface area contributed by atoms with E-state index in [0.29, 0.717) is 49.9 Å². The number of carbonyl (C=O) groups is 1. The molecule has 1 unspecified atom stereocenters. The maximum Gasteiger partial charge on any atom is 0.337 e. The van der Waals surface area contributed by atoms with E-state index < -0.39 is 11.9 Å². The summed E-state index contributed by atoms with van der Waals surface area (Å²) >= 11 is 7.70. The Balaban J connectivity index is 1.69. The summed E-state index contributed by atoms with van der Waals surface area (Å²) in [4.78, 5) is 35.0. The molecular formula is C30H26ClN3O4S. The van der Waals surface area contributed by atoms with Crippen molar-refractivity contribution >= 4 is 40.8 Å². The summed E-state index contributed by atoms with van der Waals surface area (Å²) in [5.74, 6) is 0.115. The Morgan fingerprint density at radius 3 is 2.49 bits per heavy atom. The van der Waals surface area contributed by atoms with Crippen molar-refractivity contribution in [3.05, 3.63) is 122 Å². The molecule has 198 valence electrons. The van der Waals surface area contributed by atoms with Crippen LogP contribution in [0.5, 0.6) is 5.75 Å². The number of aromatic nitrogens is 2. The molecular weight excluding hydrogens is 534 g/mol. The number of thioether (sulfide) groups is 1. The van der Waals surface area contributed by atoms with Crippen molar-refractivity contribution in [3.63, 3.8) is 0 Å². The number of hydrogen-bond acceptors (Lipinski definition) is 7. The Morgan fingerprint density at radius 2 is 1.74 bits per heavy atom. The SMILES string of the molecule is CCOC(=O)C1=C(c2ccccc2)Nc2nc(SCc3ccccc3Cl)[nH]c(=O)c2C1c1ccccc1OC. The first-order valence-corrected chi connectivity index (χ1v) is 13.7. The maximum absolute atomic E-state index is 13.7. The largest absolute Gasteiger partial charge is 0.496 e. The number of nitrogens with one attached hydrogen (secondary N) is 2. The van der Waals surface area contributed by atoms with E-state index in [1.54, 1.807) is 20.1 Å². The second-order valence-electron chi connectivity index (χ2n) is 8.69. The number of esters is 1. The van der Waals surface area contributed by atoms with Crippen LogP contribution in [0.25, 0.3) is 5.70 Å². The van der Waals surface area contributed by atoms with Crippen LogP contribution < -0.4 is 15.6 Å². The van der Waals surface area contributed by atoms with Crippen molar-refractivity contribution in [1.29, 1.82) is 0 Å². The van der Waals surface area contributed by atoms with Gasteiger partial charge in [-0.25, -0.2) is 9.78 Å². The predicted octanol–water partition coefficient (Wildman–Crippen LogP) is 6.26. The zero-order chi connectivity index (χ0) is 27.4. The number of hydrogen-bond donors (Lipinski definition) is 2. The van der Waals surface area contributed by atoms with Gasteiger partial charge in [0.25, 0.3) is 5.56 Å².